The third kappa shape index (κ3) is 2.53. The van der Waals surface area contributed by atoms with Crippen molar-refractivity contribution in [1.29, 1.82) is 0 Å². The lowest BCUT2D eigenvalue weighted by Crippen LogP contribution is -2.27. The van der Waals surface area contributed by atoms with E-state index in [1.807, 2.05) is 0 Å². The van der Waals surface area contributed by atoms with Gasteiger partial charge >= 0.3 is 5.69 Å². The molecule has 1 saturated carbocycles. The van der Waals surface area contributed by atoms with Crippen LogP contribution in [0.2, 0.25) is 0 Å². The van der Waals surface area contributed by atoms with Gasteiger partial charge in [-0.25, -0.2) is 0 Å². The molecule has 1 aliphatic rings. The third-order valence-electron chi connectivity index (χ3n) is 3.21. The zero-order valence-corrected chi connectivity index (χ0v) is 10.1. The molecule has 6 heteroatoms. The number of hydrogen-bond donors (Lipinski definition) is 2. The molecule has 0 aromatic heterocycles. The summed E-state index contributed by atoms with van der Waals surface area (Å²) in [4.78, 5) is 10.3. The minimum absolute atomic E-state index is 0.0103. The molecule has 6 nitrogen and oxygen atoms in total. The van der Waals surface area contributed by atoms with Crippen molar-refractivity contribution in [3.8, 4) is 5.75 Å². The van der Waals surface area contributed by atoms with E-state index in [-0.39, 0.29) is 23.6 Å². The summed E-state index contributed by atoms with van der Waals surface area (Å²) >= 11 is 0. The summed E-state index contributed by atoms with van der Waals surface area (Å²) in [7, 11) is 1.40. The first-order valence-electron chi connectivity index (χ1n) is 5.89. The lowest BCUT2D eigenvalue weighted by Gasteiger charge is -2.18. The van der Waals surface area contributed by atoms with E-state index in [0.717, 1.165) is 24.9 Å². The fraction of sp³-hybridized carbons (Fsp3) is 0.500. The topological polar surface area (TPSA) is 84.6 Å². The molecule has 98 valence electrons. The molecule has 2 rings (SSSR count). The van der Waals surface area contributed by atoms with Gasteiger partial charge in [-0.1, -0.05) is 0 Å². The molecule has 1 aromatic carbocycles. The Morgan fingerprint density at radius 1 is 1.50 bits per heavy atom. The first-order chi connectivity index (χ1) is 8.61. The zero-order valence-electron chi connectivity index (χ0n) is 10.1. The lowest BCUT2D eigenvalue weighted by molar-refractivity contribution is -0.385. The van der Waals surface area contributed by atoms with Crippen LogP contribution in [0.15, 0.2) is 18.2 Å². The zero-order chi connectivity index (χ0) is 13.1. The highest BCUT2D eigenvalue weighted by Crippen LogP contribution is 2.31. The molecule has 18 heavy (non-hydrogen) atoms. The molecule has 2 N–H and O–H groups in total. The molecule has 1 aromatic rings. The van der Waals surface area contributed by atoms with Crippen LogP contribution in [-0.4, -0.2) is 29.3 Å². The number of aliphatic hydroxyl groups excluding tert-OH is 1. The van der Waals surface area contributed by atoms with Crippen LogP contribution in [0.25, 0.3) is 0 Å². The number of methoxy groups -OCH3 is 1. The summed E-state index contributed by atoms with van der Waals surface area (Å²) in [5, 5.41) is 23.7. The Hall–Kier alpha value is -1.82. The van der Waals surface area contributed by atoms with Crippen LogP contribution in [0.5, 0.6) is 5.75 Å². The monoisotopic (exact) mass is 252 g/mol. The summed E-state index contributed by atoms with van der Waals surface area (Å²) in [6.07, 6.45) is 2.33. The summed E-state index contributed by atoms with van der Waals surface area (Å²) in [5.41, 5.74) is 0.665. The molecular weight excluding hydrogens is 236 g/mol. The highest BCUT2D eigenvalue weighted by molar-refractivity contribution is 5.58. The first kappa shape index (κ1) is 12.6. The fourth-order valence-electron chi connectivity index (χ4n) is 2.24. The molecule has 1 fully saturated rings. The van der Waals surface area contributed by atoms with Crippen molar-refractivity contribution in [3.63, 3.8) is 0 Å². The molecule has 0 radical (unpaired) electrons. The van der Waals surface area contributed by atoms with Crippen molar-refractivity contribution in [1.82, 2.24) is 0 Å². The minimum Gasteiger partial charge on any atom is -0.490 e. The van der Waals surface area contributed by atoms with E-state index in [1.54, 1.807) is 12.1 Å². The van der Waals surface area contributed by atoms with Crippen molar-refractivity contribution in [2.45, 2.75) is 31.4 Å². The van der Waals surface area contributed by atoms with E-state index in [1.165, 1.54) is 13.2 Å². The van der Waals surface area contributed by atoms with Gasteiger partial charge in [-0.15, -0.1) is 0 Å². The largest absolute Gasteiger partial charge is 0.490 e. The minimum atomic E-state index is -0.479. The Kier molecular flexibility index (Phi) is 3.66. The van der Waals surface area contributed by atoms with Gasteiger partial charge in [0.15, 0.2) is 5.75 Å². The number of nitrogens with one attached hydrogen (secondary N) is 1. The van der Waals surface area contributed by atoms with Crippen molar-refractivity contribution in [2.75, 3.05) is 12.4 Å². The molecule has 0 spiro atoms. The predicted molar refractivity (Wildman–Crippen MR) is 66.9 cm³/mol. The van der Waals surface area contributed by atoms with Crippen LogP contribution < -0.4 is 10.1 Å². The number of nitrogens with zero attached hydrogens (tertiary/aromatic N) is 1. The Labute approximate surface area is 105 Å². The van der Waals surface area contributed by atoms with Crippen LogP contribution in [0.4, 0.5) is 11.4 Å². The van der Waals surface area contributed by atoms with Gasteiger partial charge in [0.05, 0.1) is 24.2 Å². The average molecular weight is 252 g/mol. The number of ether oxygens (including phenoxy) is 1. The molecule has 2 atom stereocenters. The summed E-state index contributed by atoms with van der Waals surface area (Å²) in [6, 6.07) is 4.63. The Morgan fingerprint density at radius 2 is 2.28 bits per heavy atom. The summed E-state index contributed by atoms with van der Waals surface area (Å²) in [5.74, 6) is 0.220. The van der Waals surface area contributed by atoms with Gasteiger partial charge in [0.2, 0.25) is 0 Å². The number of hydrogen-bond acceptors (Lipinski definition) is 5. The van der Waals surface area contributed by atoms with E-state index in [0.29, 0.717) is 0 Å². The molecule has 0 heterocycles. The van der Waals surface area contributed by atoms with E-state index in [2.05, 4.69) is 5.32 Å². The van der Waals surface area contributed by atoms with Crippen LogP contribution in [0.1, 0.15) is 19.3 Å². The summed E-state index contributed by atoms with van der Waals surface area (Å²) < 4.78 is 4.99. The third-order valence-corrected chi connectivity index (χ3v) is 3.21. The van der Waals surface area contributed by atoms with Crippen LogP contribution in [-0.2, 0) is 0 Å². The molecule has 1 aliphatic carbocycles. The second-order valence-electron chi connectivity index (χ2n) is 4.39. The average Bonchev–Trinajstić information content (AvgIpc) is 2.74. The maximum Gasteiger partial charge on any atom is 0.311 e. The second-order valence-corrected chi connectivity index (χ2v) is 4.39. The Bertz CT molecular complexity index is 450. The molecular formula is C12H16N2O4. The normalized spacial score (nSPS) is 22.8. The highest BCUT2D eigenvalue weighted by atomic mass is 16.6. The van der Waals surface area contributed by atoms with Crippen LogP contribution in [0.3, 0.4) is 0 Å². The Balaban J connectivity index is 2.17. The molecule has 0 amide bonds. The van der Waals surface area contributed by atoms with Gasteiger partial charge in [-0.05, 0) is 25.3 Å². The van der Waals surface area contributed by atoms with E-state index < -0.39 is 4.92 Å². The first-order valence-corrected chi connectivity index (χ1v) is 5.89. The van der Waals surface area contributed by atoms with Gasteiger partial charge in [-0.3, -0.25) is 10.1 Å². The predicted octanol–water partition coefficient (Wildman–Crippen LogP) is 1.93. The highest BCUT2D eigenvalue weighted by Gasteiger charge is 2.25. The maximum absolute atomic E-state index is 10.8. The maximum atomic E-state index is 10.8. The number of nitro benzene ring substituents is 1. The van der Waals surface area contributed by atoms with Gasteiger partial charge < -0.3 is 15.2 Å². The van der Waals surface area contributed by atoms with Crippen molar-refractivity contribution in [3.05, 3.63) is 28.3 Å². The van der Waals surface area contributed by atoms with E-state index in [9.17, 15) is 15.2 Å². The second kappa shape index (κ2) is 5.22. The number of nitro groups is 1. The number of aliphatic hydroxyl groups is 1. The standard InChI is InChI=1S/C12H16N2O4/c1-18-12-7-8(5-6-10(12)14(16)17)13-9-3-2-4-11(9)15/h5-7,9,11,13,15H,2-4H2,1H3. The molecule has 0 bridgehead atoms. The lowest BCUT2D eigenvalue weighted by atomic mass is 10.2. The quantitative estimate of drug-likeness (QED) is 0.631. The van der Waals surface area contributed by atoms with Gasteiger partial charge in [0, 0.05) is 17.8 Å². The van der Waals surface area contributed by atoms with Crippen LogP contribution >= 0.6 is 0 Å². The molecule has 0 saturated heterocycles. The summed E-state index contributed by atoms with van der Waals surface area (Å²) in [6.45, 7) is 0. The van der Waals surface area contributed by atoms with Gasteiger partial charge in [0.25, 0.3) is 0 Å². The van der Waals surface area contributed by atoms with E-state index >= 15 is 0 Å². The SMILES string of the molecule is COc1cc(NC2CCCC2O)ccc1[N+](=O)[O-]. The van der Waals surface area contributed by atoms with Crippen molar-refractivity contribution in [2.24, 2.45) is 0 Å². The fourth-order valence-corrected chi connectivity index (χ4v) is 2.24. The van der Waals surface area contributed by atoms with Crippen molar-refractivity contribution >= 4 is 11.4 Å². The smallest absolute Gasteiger partial charge is 0.311 e. The van der Waals surface area contributed by atoms with Crippen molar-refractivity contribution < 1.29 is 14.8 Å². The van der Waals surface area contributed by atoms with E-state index in [4.69, 9.17) is 4.74 Å². The van der Waals surface area contributed by atoms with Gasteiger partial charge in [0.1, 0.15) is 0 Å². The number of rotatable bonds is 4. The van der Waals surface area contributed by atoms with Gasteiger partial charge in [-0.2, -0.15) is 0 Å². The number of anilines is 1. The Morgan fingerprint density at radius 3 is 2.83 bits per heavy atom. The van der Waals surface area contributed by atoms with Crippen LogP contribution in [0, 0.1) is 10.1 Å². The molecule has 0 aliphatic heterocycles. The molecule has 2 unspecified atom stereocenters. The number of benzene rings is 1.